The number of allylic oxidation sites excluding steroid dienone is 1. The number of para-hydroxylation sites is 1. The SMILES string of the molecule is CC1=CN(C)CS1.c1ccc2ncccc2c1. The number of rotatable bonds is 0. The first-order chi connectivity index (χ1) is 8.25. The lowest BCUT2D eigenvalue weighted by atomic mass is 10.2. The molecule has 1 aliphatic heterocycles. The van der Waals surface area contributed by atoms with Crippen LogP contribution >= 0.6 is 11.8 Å². The highest BCUT2D eigenvalue weighted by molar-refractivity contribution is 8.03. The van der Waals surface area contributed by atoms with Gasteiger partial charge in [-0.3, -0.25) is 4.98 Å². The average molecular weight is 244 g/mol. The fraction of sp³-hybridized carbons (Fsp3) is 0.214. The molecule has 88 valence electrons. The minimum atomic E-state index is 1.06. The van der Waals surface area contributed by atoms with Crippen LogP contribution in [0.5, 0.6) is 0 Å². The Labute approximate surface area is 106 Å². The van der Waals surface area contributed by atoms with Crippen molar-refractivity contribution in [3.63, 3.8) is 0 Å². The lowest BCUT2D eigenvalue weighted by Gasteiger charge is -2.01. The third-order valence-corrected chi connectivity index (χ3v) is 3.51. The van der Waals surface area contributed by atoms with Crippen molar-refractivity contribution in [3.8, 4) is 0 Å². The first kappa shape index (κ1) is 12.0. The highest BCUT2D eigenvalue weighted by atomic mass is 32.2. The molecular formula is C14H16N2S. The van der Waals surface area contributed by atoms with E-state index in [1.807, 2.05) is 42.2 Å². The topological polar surface area (TPSA) is 16.1 Å². The second kappa shape index (κ2) is 5.73. The van der Waals surface area contributed by atoms with Crippen LogP contribution in [0.2, 0.25) is 0 Å². The van der Waals surface area contributed by atoms with Crippen LogP contribution in [-0.2, 0) is 0 Å². The van der Waals surface area contributed by atoms with Gasteiger partial charge in [-0.1, -0.05) is 24.3 Å². The fourth-order valence-corrected chi connectivity index (χ4v) is 2.34. The van der Waals surface area contributed by atoms with Gasteiger partial charge in [0.05, 0.1) is 11.4 Å². The van der Waals surface area contributed by atoms with Gasteiger partial charge in [0.1, 0.15) is 0 Å². The lowest BCUT2D eigenvalue weighted by molar-refractivity contribution is 0.550. The number of benzene rings is 1. The van der Waals surface area contributed by atoms with E-state index in [4.69, 9.17) is 0 Å². The molecule has 2 nitrogen and oxygen atoms in total. The zero-order valence-electron chi connectivity index (χ0n) is 10.1. The third kappa shape index (κ3) is 3.49. The summed E-state index contributed by atoms with van der Waals surface area (Å²) in [4.78, 5) is 7.78. The molecule has 0 fully saturated rings. The summed E-state index contributed by atoms with van der Waals surface area (Å²) in [6.45, 7) is 2.13. The summed E-state index contributed by atoms with van der Waals surface area (Å²) in [6.07, 6.45) is 3.97. The molecule has 1 aliphatic rings. The summed E-state index contributed by atoms with van der Waals surface area (Å²) in [7, 11) is 2.09. The summed E-state index contributed by atoms with van der Waals surface area (Å²) in [5, 5.41) is 1.20. The van der Waals surface area contributed by atoms with E-state index in [-0.39, 0.29) is 0 Å². The van der Waals surface area contributed by atoms with Crippen LogP contribution in [0.4, 0.5) is 0 Å². The van der Waals surface area contributed by atoms with Crippen LogP contribution in [0.15, 0.2) is 53.7 Å². The molecule has 3 heteroatoms. The molecule has 0 N–H and O–H groups in total. The Bertz CT molecular complexity index is 457. The van der Waals surface area contributed by atoms with Gasteiger partial charge in [-0.2, -0.15) is 0 Å². The summed E-state index contributed by atoms with van der Waals surface area (Å²) in [5.41, 5.74) is 1.06. The van der Waals surface area contributed by atoms with E-state index < -0.39 is 0 Å². The molecule has 0 amide bonds. The number of hydrogen-bond donors (Lipinski definition) is 0. The van der Waals surface area contributed by atoms with Crippen molar-refractivity contribution in [2.75, 3.05) is 12.9 Å². The summed E-state index contributed by atoms with van der Waals surface area (Å²) in [6, 6.07) is 12.1. The highest BCUT2D eigenvalue weighted by Gasteiger charge is 2.01. The van der Waals surface area contributed by atoms with Crippen molar-refractivity contribution < 1.29 is 0 Å². The van der Waals surface area contributed by atoms with Gasteiger partial charge in [-0.15, -0.1) is 11.8 Å². The largest absolute Gasteiger partial charge is 0.370 e. The minimum absolute atomic E-state index is 1.06. The Morgan fingerprint density at radius 3 is 2.53 bits per heavy atom. The van der Waals surface area contributed by atoms with Gasteiger partial charge in [0.15, 0.2) is 0 Å². The maximum absolute atomic E-state index is 4.18. The van der Waals surface area contributed by atoms with Gasteiger partial charge in [0, 0.05) is 24.8 Å². The van der Waals surface area contributed by atoms with Crippen molar-refractivity contribution in [1.82, 2.24) is 9.88 Å². The van der Waals surface area contributed by atoms with Crippen LogP contribution in [-0.4, -0.2) is 22.8 Å². The average Bonchev–Trinajstić information content (AvgIpc) is 2.74. The van der Waals surface area contributed by atoms with Gasteiger partial charge < -0.3 is 4.90 Å². The van der Waals surface area contributed by atoms with Gasteiger partial charge >= 0.3 is 0 Å². The van der Waals surface area contributed by atoms with E-state index in [0.29, 0.717) is 0 Å². The van der Waals surface area contributed by atoms with E-state index in [1.165, 1.54) is 10.3 Å². The summed E-state index contributed by atoms with van der Waals surface area (Å²) in [5.74, 6) is 1.13. The molecule has 0 saturated carbocycles. The van der Waals surface area contributed by atoms with Crippen molar-refractivity contribution in [1.29, 1.82) is 0 Å². The van der Waals surface area contributed by atoms with E-state index in [0.717, 1.165) is 11.4 Å². The smallest absolute Gasteiger partial charge is 0.0701 e. The highest BCUT2D eigenvalue weighted by Crippen LogP contribution is 2.22. The van der Waals surface area contributed by atoms with Gasteiger partial charge in [0.25, 0.3) is 0 Å². The standard InChI is InChI=1S/C9H7N.C5H9NS/c1-2-6-9-8(4-1)5-3-7-10-9;1-5-3-6(2)4-7-5/h1-7H;3H,4H2,1-2H3. The molecule has 2 heterocycles. The zero-order chi connectivity index (χ0) is 12.1. The Morgan fingerprint density at radius 2 is 1.94 bits per heavy atom. The summed E-state index contributed by atoms with van der Waals surface area (Å²) >= 11 is 1.89. The molecule has 3 rings (SSSR count). The molecule has 17 heavy (non-hydrogen) atoms. The van der Waals surface area contributed by atoms with Gasteiger partial charge in [-0.05, 0) is 24.0 Å². The minimum Gasteiger partial charge on any atom is -0.370 e. The van der Waals surface area contributed by atoms with E-state index in [1.54, 1.807) is 0 Å². The van der Waals surface area contributed by atoms with Crippen LogP contribution in [0.3, 0.4) is 0 Å². The number of fused-ring (bicyclic) bond motifs is 1. The quantitative estimate of drug-likeness (QED) is 0.702. The molecule has 1 aromatic carbocycles. The van der Waals surface area contributed by atoms with Crippen LogP contribution < -0.4 is 0 Å². The van der Waals surface area contributed by atoms with E-state index in [2.05, 4.69) is 42.2 Å². The second-order valence-corrected chi connectivity index (χ2v) is 5.16. The molecule has 0 saturated heterocycles. The van der Waals surface area contributed by atoms with Gasteiger partial charge in [-0.25, -0.2) is 0 Å². The second-order valence-electron chi connectivity index (χ2n) is 3.97. The van der Waals surface area contributed by atoms with Crippen molar-refractivity contribution in [2.45, 2.75) is 6.92 Å². The monoisotopic (exact) mass is 244 g/mol. The molecule has 0 unspecified atom stereocenters. The maximum atomic E-state index is 4.18. The Hall–Kier alpha value is -1.48. The fourth-order valence-electron chi connectivity index (χ4n) is 1.60. The summed E-state index contributed by atoms with van der Waals surface area (Å²) < 4.78 is 0. The first-order valence-electron chi connectivity index (χ1n) is 5.57. The number of nitrogens with zero attached hydrogens (tertiary/aromatic N) is 2. The maximum Gasteiger partial charge on any atom is 0.0701 e. The lowest BCUT2D eigenvalue weighted by Crippen LogP contribution is -2.02. The molecular weight excluding hydrogens is 228 g/mol. The first-order valence-corrected chi connectivity index (χ1v) is 6.55. The number of pyridine rings is 1. The predicted molar refractivity (Wildman–Crippen MR) is 75.7 cm³/mol. The third-order valence-electron chi connectivity index (χ3n) is 2.41. The van der Waals surface area contributed by atoms with Crippen LogP contribution in [0.25, 0.3) is 10.9 Å². The predicted octanol–water partition coefficient (Wildman–Crippen LogP) is 3.72. The number of aromatic nitrogens is 1. The van der Waals surface area contributed by atoms with Crippen LogP contribution in [0.1, 0.15) is 6.92 Å². The Kier molecular flexibility index (Phi) is 4.04. The van der Waals surface area contributed by atoms with Crippen molar-refractivity contribution >= 4 is 22.7 Å². The molecule has 0 radical (unpaired) electrons. The molecule has 0 atom stereocenters. The van der Waals surface area contributed by atoms with E-state index in [9.17, 15) is 0 Å². The molecule has 0 aliphatic carbocycles. The van der Waals surface area contributed by atoms with Crippen molar-refractivity contribution in [2.24, 2.45) is 0 Å². The Morgan fingerprint density at radius 1 is 1.18 bits per heavy atom. The molecule has 2 aromatic rings. The zero-order valence-corrected chi connectivity index (χ0v) is 10.9. The number of thioether (sulfide) groups is 1. The molecule has 0 spiro atoms. The molecule has 1 aromatic heterocycles. The normalized spacial score (nSPS) is 14.2. The van der Waals surface area contributed by atoms with Crippen molar-refractivity contribution in [3.05, 3.63) is 53.7 Å². The Balaban J connectivity index is 0.000000136. The van der Waals surface area contributed by atoms with Crippen LogP contribution in [0, 0.1) is 0 Å². The van der Waals surface area contributed by atoms with E-state index >= 15 is 0 Å². The number of hydrogen-bond acceptors (Lipinski definition) is 3. The molecule has 0 bridgehead atoms. The van der Waals surface area contributed by atoms with Gasteiger partial charge in [0.2, 0.25) is 0 Å².